The summed E-state index contributed by atoms with van der Waals surface area (Å²) in [7, 11) is 10.2. The van der Waals surface area contributed by atoms with Gasteiger partial charge in [-0.05, 0) is 79.4 Å². The van der Waals surface area contributed by atoms with Gasteiger partial charge in [0.25, 0.3) is 0 Å². The smallest absolute Gasteiger partial charge is 0.00540 e. The fourth-order valence-corrected chi connectivity index (χ4v) is 293. The zero-order valence-corrected chi connectivity index (χ0v) is 22.0. The van der Waals surface area contributed by atoms with Crippen LogP contribution in [0.2, 0.25) is 0 Å². The van der Waals surface area contributed by atoms with Gasteiger partial charge in [-0.15, -0.1) is 0 Å². The first-order valence-electron chi connectivity index (χ1n) is 4.18. The molecule has 0 amide bonds. The molecule has 0 saturated carbocycles. The lowest BCUT2D eigenvalue weighted by Gasteiger charge is -2.21. The van der Waals surface area contributed by atoms with Crippen molar-refractivity contribution in [1.29, 1.82) is 0 Å². The second-order valence-corrected chi connectivity index (χ2v) is 88.2. The van der Waals surface area contributed by atoms with E-state index in [1.807, 2.05) is 9.76 Å². The van der Waals surface area contributed by atoms with Crippen LogP contribution in [0.15, 0.2) is 0 Å². The summed E-state index contributed by atoms with van der Waals surface area (Å²) in [5.74, 6) is 0. The third kappa shape index (κ3) is 4.41. The Morgan fingerprint density at radius 3 is 1.56 bits per heavy atom. The van der Waals surface area contributed by atoms with Gasteiger partial charge in [0.05, 0.1) is 0 Å². The average molecular weight is 273 g/mol. The van der Waals surface area contributed by atoms with Crippen molar-refractivity contribution in [2.75, 3.05) is 0 Å². The van der Waals surface area contributed by atoms with E-state index in [0.29, 0.717) is 0 Å². The zero-order chi connectivity index (χ0) is 7.33. The summed E-state index contributed by atoms with van der Waals surface area (Å²) in [6, 6.07) is 0. The Balaban J connectivity index is 3.62. The first kappa shape index (κ1) is 11.0. The molecule has 0 aromatic heterocycles. The summed E-state index contributed by atoms with van der Waals surface area (Å²) in [6.45, 7) is 0. The highest BCUT2D eigenvalue weighted by molar-refractivity contribution is 7.96. The van der Waals surface area contributed by atoms with Crippen molar-refractivity contribution < 1.29 is 0 Å². The van der Waals surface area contributed by atoms with Crippen LogP contribution < -0.4 is 0 Å². The maximum absolute atomic E-state index is 1.83. The largest absolute Gasteiger partial charge is 0.0120 e. The maximum atomic E-state index is 1.83. The minimum absolute atomic E-state index is 0.0781. The van der Waals surface area contributed by atoms with E-state index in [4.69, 9.17) is 0 Å². The summed E-state index contributed by atoms with van der Waals surface area (Å²) in [6.07, 6.45) is 0.0781. The van der Waals surface area contributed by atoms with E-state index in [2.05, 4.69) is 0 Å². The summed E-state index contributed by atoms with van der Waals surface area (Å²) < 4.78 is 0. The van der Waals surface area contributed by atoms with E-state index in [1.165, 1.54) is 0 Å². The average Bonchev–Trinajstić information content (AvgIpc) is 1.89. The maximum Gasteiger partial charge on any atom is -0.00540 e. The van der Waals surface area contributed by atoms with E-state index in [0.717, 1.165) is 34.2 Å². The second kappa shape index (κ2) is 5.58. The van der Waals surface area contributed by atoms with Gasteiger partial charge in [-0.3, -0.25) is 0 Å². The SMILES string of the molecule is [SiH3][SiH2][SiH2][Si]([SiH3])([SiH2][SiH3])[SiH2][SiH3]. The normalized spacial score (nSPS) is 24.0. The Bertz CT molecular complexity index is 60.4. The van der Waals surface area contributed by atoms with Crippen LogP contribution in [0.5, 0.6) is 0 Å². The molecule has 56 valence electrons. The molecule has 0 aliphatic carbocycles. The van der Waals surface area contributed by atoms with E-state index < -0.39 is 0 Å². The lowest BCUT2D eigenvalue weighted by Crippen LogP contribution is -2.59. The summed E-state index contributed by atoms with van der Waals surface area (Å²) >= 11 is 0. The Morgan fingerprint density at radius 1 is 1.00 bits per heavy atom. The minimum atomic E-state index is 0.0781. The predicted molar refractivity (Wildman–Crippen MR) is 79.7 cm³/mol. The molecule has 0 atom stereocenters. The lowest BCUT2D eigenvalue weighted by molar-refractivity contribution is 3.55. The Hall–Kier alpha value is 1.95. The molecule has 0 aliphatic heterocycles. The predicted octanol–water partition coefficient (Wildman–Crippen LogP) is -8.78. The molecule has 0 fully saturated rings. The number of hydrogen-bond donors (Lipinski definition) is 0. The van der Waals surface area contributed by atoms with Gasteiger partial charge in [-0.25, -0.2) is 0 Å². The molecule has 0 spiro atoms. The molecule has 0 N–H and O–H groups in total. The summed E-state index contributed by atoms with van der Waals surface area (Å²) in [5.41, 5.74) is 0. The second-order valence-electron chi connectivity index (χ2n) is 3.27. The van der Waals surface area contributed by atoms with Crippen molar-refractivity contribution in [1.82, 2.24) is 0 Å². The van der Waals surface area contributed by atoms with Gasteiger partial charge >= 0.3 is 0 Å². The van der Waals surface area contributed by atoms with Crippen molar-refractivity contribution in [2.24, 2.45) is 0 Å². The van der Waals surface area contributed by atoms with Crippen LogP contribution >= 0.6 is 0 Å². The molecule has 9 heteroatoms. The van der Waals surface area contributed by atoms with Gasteiger partial charge in [-0.2, -0.15) is 0 Å². The molecule has 0 aliphatic rings. The number of rotatable bonds is 4. The Labute approximate surface area is 79.0 Å². The van der Waals surface area contributed by atoms with Crippen molar-refractivity contribution >= 4 is 79.4 Å². The fraction of sp³-hybridized carbons (Fsp3) is 0. The zero-order valence-electron chi connectivity index (χ0n) is 7.33. The summed E-state index contributed by atoms with van der Waals surface area (Å²) in [4.78, 5) is 0. The first-order valence-corrected chi connectivity index (χ1v) is 37.6. The van der Waals surface area contributed by atoms with Crippen LogP contribution in [0.4, 0.5) is 0 Å². The quantitative estimate of drug-likeness (QED) is 0.446. The van der Waals surface area contributed by atoms with Crippen molar-refractivity contribution in [3.05, 3.63) is 0 Å². The molecule has 0 nitrogen and oxygen atoms in total. The molecule has 0 heterocycles. The fourth-order valence-electron chi connectivity index (χ4n) is 1.21. The van der Waals surface area contributed by atoms with Crippen molar-refractivity contribution in [3.8, 4) is 0 Å². The molecular weight excluding hydrogens is 253 g/mol. The topological polar surface area (TPSA) is 0 Å². The highest BCUT2D eigenvalue weighted by Crippen LogP contribution is 1.83. The molecule has 0 aromatic rings. The van der Waals surface area contributed by atoms with Crippen LogP contribution in [0.1, 0.15) is 0 Å². The Kier molecular flexibility index (Phi) is 6.79. The third-order valence-corrected chi connectivity index (χ3v) is 207. The van der Waals surface area contributed by atoms with Gasteiger partial charge in [0.15, 0.2) is 0 Å². The van der Waals surface area contributed by atoms with Crippen LogP contribution in [0.25, 0.3) is 0 Å². The summed E-state index contributed by atoms with van der Waals surface area (Å²) in [5, 5.41) is 0. The molecule has 9 heavy (non-hydrogen) atoms. The van der Waals surface area contributed by atoms with Gasteiger partial charge in [0.2, 0.25) is 0 Å². The molecule has 0 saturated heterocycles. The monoisotopic (exact) mass is 272 g/mol. The van der Waals surface area contributed by atoms with E-state index in [-0.39, 0.29) is 6.14 Å². The van der Waals surface area contributed by atoms with Crippen LogP contribution in [-0.2, 0) is 0 Å². The molecule has 0 radical (unpaired) electrons. The first-order chi connectivity index (χ1) is 4.18. The van der Waals surface area contributed by atoms with E-state index in [1.54, 1.807) is 29.3 Å². The van der Waals surface area contributed by atoms with Gasteiger partial charge < -0.3 is 0 Å². The standard InChI is InChI=1S/H20Si9/c1-5-8-9(4,6-2)7-3/h5-8H2,1-4H3. The third-order valence-electron chi connectivity index (χ3n) is 2.56. The molecule has 0 bridgehead atoms. The number of hydrogen-bond acceptors (Lipinski definition) is 0. The molecular formula is H20Si9. The Morgan fingerprint density at radius 2 is 1.44 bits per heavy atom. The highest BCUT2D eigenvalue weighted by atomic mass is 30.3. The molecule has 0 rings (SSSR count). The van der Waals surface area contributed by atoms with E-state index in [9.17, 15) is 0 Å². The van der Waals surface area contributed by atoms with Crippen LogP contribution in [0.3, 0.4) is 0 Å². The van der Waals surface area contributed by atoms with Crippen LogP contribution in [0, 0.1) is 0 Å². The highest BCUT2D eigenvalue weighted by Gasteiger charge is 2.20. The van der Waals surface area contributed by atoms with Crippen molar-refractivity contribution in [3.63, 3.8) is 0 Å². The molecule has 0 unspecified atom stereocenters. The van der Waals surface area contributed by atoms with Crippen LogP contribution in [-0.4, -0.2) is 79.4 Å². The van der Waals surface area contributed by atoms with Crippen molar-refractivity contribution in [2.45, 2.75) is 0 Å². The van der Waals surface area contributed by atoms with E-state index >= 15 is 0 Å². The van der Waals surface area contributed by atoms with Gasteiger partial charge in [-0.1, -0.05) is 0 Å². The lowest BCUT2D eigenvalue weighted by atomic mass is 25.9. The minimum Gasteiger partial charge on any atom is -0.0120 e. The molecule has 0 aromatic carbocycles. The van der Waals surface area contributed by atoms with Gasteiger partial charge in [0, 0.05) is 0 Å². The van der Waals surface area contributed by atoms with Gasteiger partial charge in [0.1, 0.15) is 0 Å².